The molecule has 29 heavy (non-hydrogen) atoms. The number of para-hydroxylation sites is 1. The van der Waals surface area contributed by atoms with Crippen LogP contribution in [0, 0.1) is 11.3 Å². The molecule has 7 heteroatoms. The van der Waals surface area contributed by atoms with Gasteiger partial charge in [-0.1, -0.05) is 18.2 Å². The number of nitriles is 1. The number of hydrogen-bond acceptors (Lipinski definition) is 5. The highest BCUT2D eigenvalue weighted by Crippen LogP contribution is 2.24. The molecule has 1 amide bonds. The third-order valence-electron chi connectivity index (χ3n) is 4.21. The summed E-state index contributed by atoms with van der Waals surface area (Å²) in [5.41, 5.74) is 1.67. The largest absolute Gasteiger partial charge is 0.548 e. The van der Waals surface area contributed by atoms with Crippen LogP contribution in [-0.2, 0) is 16.1 Å². The fourth-order valence-electron chi connectivity index (χ4n) is 2.96. The van der Waals surface area contributed by atoms with Crippen molar-refractivity contribution in [3.05, 3.63) is 65.9 Å². The number of carboxylic acids is 1. The molecule has 1 N–H and O–H groups in total. The summed E-state index contributed by atoms with van der Waals surface area (Å²) in [4.78, 5) is 23.5. The second-order valence-corrected chi connectivity index (χ2v) is 6.18. The molecule has 0 spiro atoms. The molecule has 0 unspecified atom stereocenters. The van der Waals surface area contributed by atoms with E-state index in [0.717, 1.165) is 5.39 Å². The predicted molar refractivity (Wildman–Crippen MR) is 107 cm³/mol. The van der Waals surface area contributed by atoms with Gasteiger partial charge in [-0.25, -0.2) is 0 Å². The summed E-state index contributed by atoms with van der Waals surface area (Å²) in [6, 6.07) is 15.9. The maximum absolute atomic E-state index is 12.5. The van der Waals surface area contributed by atoms with Gasteiger partial charge in [-0.05, 0) is 43.3 Å². The van der Waals surface area contributed by atoms with Crippen LogP contribution in [0.5, 0.6) is 5.75 Å². The zero-order valence-corrected chi connectivity index (χ0v) is 15.7. The topological polar surface area (TPSA) is 107 Å². The van der Waals surface area contributed by atoms with Crippen molar-refractivity contribution < 1.29 is 19.4 Å². The van der Waals surface area contributed by atoms with E-state index in [9.17, 15) is 20.0 Å². The highest BCUT2D eigenvalue weighted by atomic mass is 16.5. The lowest BCUT2D eigenvalue weighted by molar-refractivity contribution is -0.306. The van der Waals surface area contributed by atoms with E-state index in [1.807, 2.05) is 13.0 Å². The number of ether oxygens (including phenoxy) is 1. The van der Waals surface area contributed by atoms with Crippen molar-refractivity contribution in [1.82, 2.24) is 4.57 Å². The van der Waals surface area contributed by atoms with Crippen molar-refractivity contribution in [2.75, 3.05) is 11.9 Å². The minimum Gasteiger partial charge on any atom is -0.548 e. The van der Waals surface area contributed by atoms with Gasteiger partial charge in [-0.3, -0.25) is 4.79 Å². The van der Waals surface area contributed by atoms with Gasteiger partial charge < -0.3 is 24.5 Å². The van der Waals surface area contributed by atoms with Gasteiger partial charge in [-0.2, -0.15) is 5.26 Å². The fourth-order valence-corrected chi connectivity index (χ4v) is 2.96. The lowest BCUT2D eigenvalue weighted by Crippen LogP contribution is -2.27. The van der Waals surface area contributed by atoms with Crippen LogP contribution < -0.4 is 15.2 Å². The normalized spacial score (nSPS) is 11.1. The average Bonchev–Trinajstić information content (AvgIpc) is 3.04. The van der Waals surface area contributed by atoms with Crippen LogP contribution >= 0.6 is 0 Å². The summed E-state index contributed by atoms with van der Waals surface area (Å²) >= 11 is 0. The minimum atomic E-state index is -1.23. The third-order valence-corrected chi connectivity index (χ3v) is 4.21. The first kappa shape index (κ1) is 19.7. The first-order chi connectivity index (χ1) is 14.0. The summed E-state index contributed by atoms with van der Waals surface area (Å²) in [6.45, 7) is 2.09. The molecule has 0 aliphatic rings. The zero-order chi connectivity index (χ0) is 20.8. The SMILES string of the molecule is CCOc1ccc(NC(=O)/C(C#N)=C/c2cn(CC(=O)[O-])c3ccccc23)cc1. The number of aliphatic carboxylic acids is 1. The summed E-state index contributed by atoms with van der Waals surface area (Å²) in [6.07, 6.45) is 3.03. The highest BCUT2D eigenvalue weighted by molar-refractivity contribution is 6.10. The van der Waals surface area contributed by atoms with Gasteiger partial charge in [0.1, 0.15) is 17.4 Å². The molecule has 0 atom stereocenters. The Kier molecular flexibility index (Phi) is 5.95. The van der Waals surface area contributed by atoms with E-state index in [2.05, 4.69) is 5.32 Å². The number of carboxylic acid groups (broad SMARTS) is 1. The second-order valence-electron chi connectivity index (χ2n) is 6.18. The van der Waals surface area contributed by atoms with Gasteiger partial charge in [0.15, 0.2) is 0 Å². The molecule has 0 saturated heterocycles. The van der Waals surface area contributed by atoms with E-state index in [1.54, 1.807) is 54.7 Å². The number of carbonyl (C=O) groups excluding carboxylic acids is 2. The number of carbonyl (C=O) groups is 2. The molecule has 0 saturated carbocycles. The summed E-state index contributed by atoms with van der Waals surface area (Å²) in [5, 5.41) is 23.9. The maximum atomic E-state index is 12.5. The molecule has 0 aliphatic carbocycles. The highest BCUT2D eigenvalue weighted by Gasteiger charge is 2.13. The van der Waals surface area contributed by atoms with Gasteiger partial charge in [0.2, 0.25) is 0 Å². The number of rotatable bonds is 7. The number of nitrogens with zero attached hydrogens (tertiary/aromatic N) is 2. The summed E-state index contributed by atoms with van der Waals surface area (Å²) < 4.78 is 6.87. The van der Waals surface area contributed by atoms with Crippen LogP contribution in [-0.4, -0.2) is 23.1 Å². The van der Waals surface area contributed by atoms with Gasteiger partial charge in [0.05, 0.1) is 19.1 Å². The van der Waals surface area contributed by atoms with Crippen LogP contribution in [0.1, 0.15) is 12.5 Å². The Bertz CT molecular complexity index is 1120. The van der Waals surface area contributed by atoms with E-state index in [0.29, 0.717) is 29.1 Å². The number of amides is 1. The van der Waals surface area contributed by atoms with E-state index in [1.165, 1.54) is 10.6 Å². The van der Waals surface area contributed by atoms with Crippen LogP contribution in [0.4, 0.5) is 5.69 Å². The van der Waals surface area contributed by atoms with Gasteiger partial charge in [0.25, 0.3) is 5.91 Å². The van der Waals surface area contributed by atoms with Crippen molar-refractivity contribution in [1.29, 1.82) is 5.26 Å². The third kappa shape index (κ3) is 4.62. The van der Waals surface area contributed by atoms with E-state index in [-0.39, 0.29) is 12.1 Å². The monoisotopic (exact) mass is 388 g/mol. The molecule has 3 rings (SSSR count). The maximum Gasteiger partial charge on any atom is 0.266 e. The first-order valence-electron chi connectivity index (χ1n) is 8.95. The Balaban J connectivity index is 1.88. The Hall–Kier alpha value is -4.05. The lowest BCUT2D eigenvalue weighted by atomic mass is 10.1. The van der Waals surface area contributed by atoms with Crippen LogP contribution in [0.3, 0.4) is 0 Å². The van der Waals surface area contributed by atoms with Gasteiger partial charge in [0, 0.05) is 28.4 Å². The average molecular weight is 388 g/mol. The van der Waals surface area contributed by atoms with Gasteiger partial charge >= 0.3 is 0 Å². The molecule has 0 fully saturated rings. The van der Waals surface area contributed by atoms with Crippen LogP contribution in [0.25, 0.3) is 17.0 Å². The predicted octanol–water partition coefficient (Wildman–Crippen LogP) is 2.34. The number of anilines is 1. The lowest BCUT2D eigenvalue weighted by Gasteiger charge is -2.06. The first-order valence-corrected chi connectivity index (χ1v) is 8.95. The molecule has 7 nitrogen and oxygen atoms in total. The smallest absolute Gasteiger partial charge is 0.266 e. The molecule has 1 aromatic heterocycles. The number of aromatic nitrogens is 1. The Morgan fingerprint density at radius 2 is 1.93 bits per heavy atom. The number of benzene rings is 2. The molecule has 0 radical (unpaired) electrons. The van der Waals surface area contributed by atoms with Crippen molar-refractivity contribution >= 4 is 34.5 Å². The number of hydrogen-bond donors (Lipinski definition) is 1. The summed E-state index contributed by atoms with van der Waals surface area (Å²) in [7, 11) is 0. The number of fused-ring (bicyclic) bond motifs is 1. The van der Waals surface area contributed by atoms with Crippen LogP contribution in [0.15, 0.2) is 60.3 Å². The van der Waals surface area contributed by atoms with Crippen molar-refractivity contribution in [2.24, 2.45) is 0 Å². The Morgan fingerprint density at radius 3 is 2.59 bits per heavy atom. The van der Waals surface area contributed by atoms with Crippen molar-refractivity contribution in [3.63, 3.8) is 0 Å². The zero-order valence-electron chi connectivity index (χ0n) is 15.7. The van der Waals surface area contributed by atoms with E-state index >= 15 is 0 Å². The molecular weight excluding hydrogens is 370 g/mol. The quantitative estimate of drug-likeness (QED) is 0.494. The molecule has 2 aromatic carbocycles. The van der Waals surface area contributed by atoms with Crippen molar-refractivity contribution in [3.8, 4) is 11.8 Å². The standard InChI is InChI=1S/C22H19N3O4/c1-2-29-18-9-7-17(8-10-18)24-22(28)15(12-23)11-16-13-25(14-21(26)27)20-6-4-3-5-19(16)20/h3-11,13H,2,14H2,1H3,(H,24,28)(H,26,27)/p-1/b15-11+. The second kappa shape index (κ2) is 8.76. The number of nitrogens with one attached hydrogen (secondary N) is 1. The molecule has 3 aromatic rings. The molecule has 1 heterocycles. The Labute approximate surface area is 167 Å². The molecule has 0 bridgehead atoms. The fraction of sp³-hybridized carbons (Fsp3) is 0.136. The Morgan fingerprint density at radius 1 is 1.21 bits per heavy atom. The van der Waals surface area contributed by atoms with Crippen molar-refractivity contribution in [2.45, 2.75) is 13.5 Å². The summed E-state index contributed by atoms with van der Waals surface area (Å²) in [5.74, 6) is -1.11. The van der Waals surface area contributed by atoms with Gasteiger partial charge in [-0.15, -0.1) is 0 Å². The minimum absolute atomic E-state index is 0.102. The van der Waals surface area contributed by atoms with Crippen LogP contribution in [0.2, 0.25) is 0 Å². The molecule has 0 aliphatic heterocycles. The van der Waals surface area contributed by atoms with E-state index in [4.69, 9.17) is 4.74 Å². The molecular formula is C22H18N3O4-. The van der Waals surface area contributed by atoms with E-state index < -0.39 is 11.9 Å². The molecule has 146 valence electrons.